The third-order valence-electron chi connectivity index (χ3n) is 6.77. The highest BCUT2D eigenvalue weighted by Crippen LogP contribution is 2.25. The second-order valence-electron chi connectivity index (χ2n) is 10.3. The van der Waals surface area contributed by atoms with Gasteiger partial charge in [-0.1, -0.05) is 42.0 Å². The van der Waals surface area contributed by atoms with Crippen molar-refractivity contribution in [1.29, 1.82) is 0 Å². The number of thiazole rings is 1. The van der Waals surface area contributed by atoms with E-state index >= 15 is 0 Å². The van der Waals surface area contributed by atoms with Gasteiger partial charge in [-0.15, -0.1) is 29.6 Å². The number of ether oxygens (including phenoxy) is 1. The van der Waals surface area contributed by atoms with Gasteiger partial charge < -0.3 is 10.1 Å². The van der Waals surface area contributed by atoms with Gasteiger partial charge in [-0.25, -0.2) is 14.5 Å². The van der Waals surface area contributed by atoms with Crippen molar-refractivity contribution in [3.8, 4) is 28.5 Å². The molecule has 5 rings (SSSR count). The number of amides is 2. The van der Waals surface area contributed by atoms with E-state index in [4.69, 9.17) is 0 Å². The molecule has 0 aliphatic rings. The lowest BCUT2D eigenvalue weighted by molar-refractivity contribution is -0.274. The van der Waals surface area contributed by atoms with Crippen molar-refractivity contribution in [2.24, 2.45) is 4.99 Å². The molecule has 2 heterocycles. The van der Waals surface area contributed by atoms with E-state index in [0.717, 1.165) is 39.2 Å². The maximum Gasteiger partial charge on any atom is 0.573 e. The molecule has 0 saturated heterocycles. The number of aryl methyl sites for hydroxylation is 4. The summed E-state index contributed by atoms with van der Waals surface area (Å²) in [4.78, 5) is 22.0. The van der Waals surface area contributed by atoms with Gasteiger partial charge >= 0.3 is 12.4 Å². The number of alkyl halides is 3. The largest absolute Gasteiger partial charge is 0.573 e. The Balaban J connectivity index is 1.27. The Morgan fingerprint density at radius 2 is 1.66 bits per heavy atom. The molecule has 5 aromatic rings. The molecule has 2 amide bonds. The van der Waals surface area contributed by atoms with Gasteiger partial charge in [0, 0.05) is 22.8 Å². The fourth-order valence-corrected chi connectivity index (χ4v) is 5.70. The van der Waals surface area contributed by atoms with Gasteiger partial charge in [0.1, 0.15) is 12.1 Å². The normalized spacial score (nSPS) is 12.5. The number of nitrogens with zero attached hydrogens (tertiary/aromatic N) is 5. The van der Waals surface area contributed by atoms with Crippen molar-refractivity contribution in [2.45, 2.75) is 41.0 Å². The smallest absolute Gasteiger partial charge is 0.406 e. The number of carbonyl (C=O) groups is 1. The van der Waals surface area contributed by atoms with Gasteiger partial charge in [0.15, 0.2) is 10.6 Å². The van der Waals surface area contributed by atoms with E-state index in [9.17, 15) is 18.0 Å². The van der Waals surface area contributed by atoms with E-state index in [1.54, 1.807) is 6.20 Å². The summed E-state index contributed by atoms with van der Waals surface area (Å²) in [5.41, 5.74) is 8.40. The van der Waals surface area contributed by atoms with Crippen LogP contribution in [-0.4, -0.2) is 31.7 Å². The van der Waals surface area contributed by atoms with E-state index < -0.39 is 12.4 Å². The van der Waals surface area contributed by atoms with Crippen molar-refractivity contribution >= 4 is 22.9 Å². The highest BCUT2D eigenvalue weighted by Gasteiger charge is 2.31. The summed E-state index contributed by atoms with van der Waals surface area (Å²) < 4.78 is 44.6. The number of halogens is 3. The lowest BCUT2D eigenvalue weighted by atomic mass is 10.0. The van der Waals surface area contributed by atoms with Crippen LogP contribution in [0.3, 0.4) is 0 Å². The highest BCUT2D eigenvalue weighted by atomic mass is 32.1. The van der Waals surface area contributed by atoms with Gasteiger partial charge in [0.2, 0.25) is 0 Å². The van der Waals surface area contributed by atoms with Crippen LogP contribution in [0.15, 0.2) is 83.6 Å². The molecule has 0 spiro atoms. The molecule has 0 radical (unpaired) electrons. The molecule has 226 valence electrons. The standard InChI is InChI=1S/C32H29F3N6O2S/c1-19-14-20(2)28(21(3)15-19)41-23(5)17-44-31(41)38-30(42)36-16-22(4)24-6-8-25(9-7-24)29-37-18-40(39-29)26-10-12-27(13-11-26)43-32(33,34)35/h6-18H,1-5H3,(H,36,42)/b22-16+,38-31-. The second kappa shape index (κ2) is 12.3. The van der Waals surface area contributed by atoms with Crippen molar-refractivity contribution in [1.82, 2.24) is 24.6 Å². The molecule has 0 fully saturated rings. The van der Waals surface area contributed by atoms with E-state index in [2.05, 4.69) is 58.0 Å². The number of hydrogen-bond donors (Lipinski definition) is 1. The third kappa shape index (κ3) is 6.97. The summed E-state index contributed by atoms with van der Waals surface area (Å²) in [7, 11) is 0. The van der Waals surface area contributed by atoms with Crippen molar-refractivity contribution in [3.63, 3.8) is 0 Å². The van der Waals surface area contributed by atoms with Gasteiger partial charge in [0.05, 0.1) is 11.4 Å². The number of benzene rings is 3. The average molecular weight is 619 g/mol. The van der Waals surface area contributed by atoms with Crippen LogP contribution in [0.5, 0.6) is 5.75 Å². The van der Waals surface area contributed by atoms with Gasteiger partial charge in [0.25, 0.3) is 0 Å². The van der Waals surface area contributed by atoms with Crippen LogP contribution >= 0.6 is 11.3 Å². The van der Waals surface area contributed by atoms with E-state index in [1.165, 1.54) is 52.2 Å². The van der Waals surface area contributed by atoms with Crippen LogP contribution in [0.2, 0.25) is 0 Å². The maximum atomic E-state index is 12.8. The summed E-state index contributed by atoms with van der Waals surface area (Å²) in [6.45, 7) is 10.0. The van der Waals surface area contributed by atoms with Crippen LogP contribution in [0.25, 0.3) is 28.3 Å². The molecule has 0 aliphatic carbocycles. The Labute approximate surface area is 255 Å². The zero-order valence-corrected chi connectivity index (χ0v) is 25.4. The van der Waals surface area contributed by atoms with Crippen molar-refractivity contribution in [2.75, 3.05) is 0 Å². The van der Waals surface area contributed by atoms with Gasteiger partial charge in [-0.2, -0.15) is 4.99 Å². The first-order valence-corrected chi connectivity index (χ1v) is 14.4. The SMILES string of the molecule is C/C(=C\NC(=O)/N=c1\scc(C)n1-c1c(C)cc(C)cc1C)c1ccc(-c2ncn(-c3ccc(OC(F)(F)F)cc3)n2)cc1. The maximum absolute atomic E-state index is 12.8. The molecule has 0 bridgehead atoms. The molecular weight excluding hydrogens is 589 g/mol. The number of aromatic nitrogens is 4. The lowest BCUT2D eigenvalue weighted by Crippen LogP contribution is -2.22. The first-order chi connectivity index (χ1) is 20.9. The predicted molar refractivity (Wildman–Crippen MR) is 164 cm³/mol. The Morgan fingerprint density at radius 3 is 2.30 bits per heavy atom. The molecule has 1 N–H and O–H groups in total. The van der Waals surface area contributed by atoms with E-state index in [0.29, 0.717) is 16.3 Å². The Hall–Kier alpha value is -4.97. The molecule has 3 aromatic carbocycles. The van der Waals surface area contributed by atoms with E-state index in [-0.39, 0.29) is 5.75 Å². The molecule has 2 aromatic heterocycles. The number of allylic oxidation sites excluding steroid dienone is 1. The number of rotatable bonds is 6. The highest BCUT2D eigenvalue weighted by molar-refractivity contribution is 7.07. The Bertz CT molecular complexity index is 1890. The Kier molecular flexibility index (Phi) is 8.54. The number of carbonyl (C=O) groups excluding carboxylic acids is 1. The number of nitrogens with one attached hydrogen (secondary N) is 1. The summed E-state index contributed by atoms with van der Waals surface area (Å²) >= 11 is 1.41. The van der Waals surface area contributed by atoms with Crippen LogP contribution in [0, 0.1) is 27.7 Å². The zero-order chi connectivity index (χ0) is 31.6. The zero-order valence-electron chi connectivity index (χ0n) is 24.6. The topological polar surface area (TPSA) is 86.3 Å². The first-order valence-electron chi connectivity index (χ1n) is 13.5. The fourth-order valence-electron chi connectivity index (χ4n) is 4.84. The van der Waals surface area contributed by atoms with Crippen molar-refractivity contribution in [3.05, 3.63) is 111 Å². The number of hydrogen-bond acceptors (Lipinski definition) is 5. The minimum Gasteiger partial charge on any atom is -0.406 e. The van der Waals surface area contributed by atoms with Crippen LogP contribution in [0.1, 0.15) is 34.9 Å². The fraction of sp³-hybridized carbons (Fsp3) is 0.188. The third-order valence-corrected chi connectivity index (χ3v) is 7.72. The summed E-state index contributed by atoms with van der Waals surface area (Å²) in [6, 6.07) is 16.6. The van der Waals surface area contributed by atoms with Crippen LogP contribution in [-0.2, 0) is 0 Å². The van der Waals surface area contributed by atoms with Gasteiger partial charge in [-0.3, -0.25) is 4.57 Å². The summed E-state index contributed by atoms with van der Waals surface area (Å²) in [6.07, 6.45) is -1.66. The minimum atomic E-state index is -4.75. The van der Waals surface area contributed by atoms with E-state index in [1.807, 2.05) is 48.1 Å². The molecule has 0 saturated carbocycles. The van der Waals surface area contributed by atoms with Gasteiger partial charge in [-0.05, 0) is 81.1 Å². The second-order valence-corrected chi connectivity index (χ2v) is 11.1. The minimum absolute atomic E-state index is 0.317. The summed E-state index contributed by atoms with van der Waals surface area (Å²) in [5.74, 6) is 0.127. The lowest BCUT2D eigenvalue weighted by Gasteiger charge is -2.14. The monoisotopic (exact) mass is 618 g/mol. The average Bonchev–Trinajstić information content (AvgIpc) is 3.59. The summed E-state index contributed by atoms with van der Waals surface area (Å²) in [5, 5.41) is 9.18. The molecule has 44 heavy (non-hydrogen) atoms. The molecule has 8 nitrogen and oxygen atoms in total. The predicted octanol–water partition coefficient (Wildman–Crippen LogP) is 7.59. The quantitative estimate of drug-likeness (QED) is 0.213. The molecule has 0 aliphatic heterocycles. The first kappa shape index (κ1) is 30.5. The Morgan fingerprint density at radius 1 is 1.00 bits per heavy atom. The molecule has 0 unspecified atom stereocenters. The van der Waals surface area contributed by atoms with Crippen LogP contribution in [0.4, 0.5) is 18.0 Å². The van der Waals surface area contributed by atoms with Crippen LogP contribution < -0.4 is 14.9 Å². The molecular formula is C32H29F3N6O2S. The van der Waals surface area contributed by atoms with Crippen molar-refractivity contribution < 1.29 is 22.7 Å². The number of urea groups is 1. The molecule has 12 heteroatoms. The molecule has 0 atom stereocenters.